The van der Waals surface area contributed by atoms with E-state index in [1.165, 1.54) is 15.5 Å². The van der Waals surface area contributed by atoms with Crippen molar-refractivity contribution in [3.8, 4) is 5.69 Å². The maximum atomic E-state index is 13.4. The molecule has 1 aliphatic rings. The van der Waals surface area contributed by atoms with Crippen LogP contribution in [0.4, 0.5) is 23.8 Å². The van der Waals surface area contributed by atoms with Crippen LogP contribution in [0.3, 0.4) is 0 Å². The molecule has 1 aliphatic heterocycles. The molecule has 10 heteroatoms. The molecule has 1 unspecified atom stereocenters. The first-order valence-corrected chi connectivity index (χ1v) is 9.59. The molecule has 1 saturated heterocycles. The topological polar surface area (TPSA) is 87.5 Å². The van der Waals surface area contributed by atoms with E-state index < -0.39 is 23.5 Å². The SMILES string of the molecule is Cc1ccccc1-n1c(=O)nc(NC2CCN(C(=O)O)C2)c2ccc(C(F)(F)F)cc21. The predicted octanol–water partition coefficient (Wildman–Crippen LogP) is 3.88. The van der Waals surface area contributed by atoms with Gasteiger partial charge in [0.2, 0.25) is 0 Å². The molecule has 4 rings (SSSR count). The number of alkyl halides is 3. The molecule has 1 atom stereocenters. The summed E-state index contributed by atoms with van der Waals surface area (Å²) in [6.45, 7) is 2.27. The maximum Gasteiger partial charge on any atom is 0.416 e. The summed E-state index contributed by atoms with van der Waals surface area (Å²) < 4.78 is 41.4. The van der Waals surface area contributed by atoms with E-state index in [4.69, 9.17) is 5.11 Å². The minimum absolute atomic E-state index is 0.0692. The first-order chi connectivity index (χ1) is 14.6. The van der Waals surface area contributed by atoms with E-state index in [1.54, 1.807) is 31.2 Å². The summed E-state index contributed by atoms with van der Waals surface area (Å²) >= 11 is 0. The van der Waals surface area contributed by atoms with E-state index >= 15 is 0 Å². The number of aromatic nitrogens is 2. The highest BCUT2D eigenvalue weighted by molar-refractivity contribution is 5.91. The molecular weight excluding hydrogens is 413 g/mol. The van der Waals surface area contributed by atoms with Gasteiger partial charge in [-0.25, -0.2) is 9.59 Å². The second-order valence-corrected chi connectivity index (χ2v) is 7.45. The van der Waals surface area contributed by atoms with Crippen LogP contribution in [-0.4, -0.2) is 44.8 Å². The molecule has 1 aromatic heterocycles. The number of nitrogens with zero attached hydrogens (tertiary/aromatic N) is 3. The number of para-hydroxylation sites is 1. The second-order valence-electron chi connectivity index (χ2n) is 7.45. The Hall–Kier alpha value is -3.56. The van der Waals surface area contributed by atoms with Crippen molar-refractivity contribution in [2.24, 2.45) is 0 Å². The fraction of sp³-hybridized carbons (Fsp3) is 0.286. The zero-order valence-corrected chi connectivity index (χ0v) is 16.5. The number of hydrogen-bond donors (Lipinski definition) is 2. The number of benzene rings is 2. The Bertz CT molecular complexity index is 1220. The summed E-state index contributed by atoms with van der Waals surface area (Å²) in [6.07, 6.45) is -5.13. The quantitative estimate of drug-likeness (QED) is 0.656. The molecule has 162 valence electrons. The number of rotatable bonds is 3. The van der Waals surface area contributed by atoms with Gasteiger partial charge in [-0.15, -0.1) is 0 Å². The third-order valence-corrected chi connectivity index (χ3v) is 5.38. The summed E-state index contributed by atoms with van der Waals surface area (Å²) in [6, 6.07) is 9.73. The summed E-state index contributed by atoms with van der Waals surface area (Å²) in [7, 11) is 0. The van der Waals surface area contributed by atoms with Gasteiger partial charge in [-0.1, -0.05) is 18.2 Å². The van der Waals surface area contributed by atoms with Crippen molar-refractivity contribution in [3.63, 3.8) is 0 Å². The van der Waals surface area contributed by atoms with E-state index in [0.29, 0.717) is 29.6 Å². The standard InChI is InChI=1S/C21H19F3N4O3/c1-12-4-2-3-5-16(12)28-17-10-13(21(22,23)24)6-7-15(17)18(26-19(28)29)25-14-8-9-27(11-14)20(30)31/h2-7,10,14H,8-9,11H2,1H3,(H,30,31)(H,25,26,29). The summed E-state index contributed by atoms with van der Waals surface area (Å²) in [5.41, 5.74) is -0.388. The first-order valence-electron chi connectivity index (χ1n) is 9.59. The largest absolute Gasteiger partial charge is 0.465 e. The molecule has 31 heavy (non-hydrogen) atoms. The zero-order valence-electron chi connectivity index (χ0n) is 16.5. The van der Waals surface area contributed by atoms with E-state index in [-0.39, 0.29) is 23.9 Å². The molecule has 0 bridgehead atoms. The molecule has 3 aromatic rings. The Kier molecular flexibility index (Phi) is 5.08. The van der Waals surface area contributed by atoms with Crippen LogP contribution in [0.1, 0.15) is 17.5 Å². The average molecular weight is 432 g/mol. The van der Waals surface area contributed by atoms with Crippen LogP contribution in [0.25, 0.3) is 16.6 Å². The van der Waals surface area contributed by atoms with Crippen LogP contribution in [0.5, 0.6) is 0 Å². The van der Waals surface area contributed by atoms with Crippen LogP contribution >= 0.6 is 0 Å². The van der Waals surface area contributed by atoms with Crippen molar-refractivity contribution in [1.29, 1.82) is 0 Å². The molecule has 0 radical (unpaired) electrons. The lowest BCUT2D eigenvalue weighted by atomic mass is 10.1. The molecular formula is C21H19F3N4O3. The van der Waals surface area contributed by atoms with Crippen LogP contribution in [-0.2, 0) is 6.18 Å². The number of carboxylic acid groups (broad SMARTS) is 1. The Morgan fingerprint density at radius 1 is 1.23 bits per heavy atom. The molecule has 0 saturated carbocycles. The molecule has 2 aromatic carbocycles. The van der Waals surface area contributed by atoms with Gasteiger partial charge in [0.25, 0.3) is 0 Å². The van der Waals surface area contributed by atoms with Gasteiger partial charge in [0, 0.05) is 24.5 Å². The van der Waals surface area contributed by atoms with E-state index in [9.17, 15) is 22.8 Å². The number of carbonyl (C=O) groups is 1. The Labute approximate surface area is 174 Å². The number of aryl methyl sites for hydroxylation is 1. The van der Waals surface area contributed by atoms with E-state index in [1.807, 2.05) is 0 Å². The Morgan fingerprint density at radius 2 is 1.97 bits per heavy atom. The van der Waals surface area contributed by atoms with Gasteiger partial charge in [0.1, 0.15) is 5.82 Å². The number of halogens is 3. The van der Waals surface area contributed by atoms with E-state index in [0.717, 1.165) is 12.1 Å². The number of hydrogen-bond acceptors (Lipinski definition) is 4. The maximum absolute atomic E-state index is 13.4. The minimum atomic E-state index is -4.58. The van der Waals surface area contributed by atoms with E-state index in [2.05, 4.69) is 10.3 Å². The Morgan fingerprint density at radius 3 is 2.61 bits per heavy atom. The number of anilines is 1. The van der Waals surface area contributed by atoms with Crippen molar-refractivity contribution < 1.29 is 23.1 Å². The summed E-state index contributed by atoms with van der Waals surface area (Å²) in [4.78, 5) is 29.4. The van der Waals surface area contributed by atoms with Gasteiger partial charge >= 0.3 is 18.0 Å². The average Bonchev–Trinajstić information content (AvgIpc) is 3.17. The molecule has 2 N–H and O–H groups in total. The van der Waals surface area contributed by atoms with Gasteiger partial charge in [-0.05, 0) is 43.2 Å². The molecule has 0 aliphatic carbocycles. The van der Waals surface area contributed by atoms with Crippen molar-refractivity contribution in [1.82, 2.24) is 14.5 Å². The molecule has 7 nitrogen and oxygen atoms in total. The van der Waals surface area contributed by atoms with Gasteiger partial charge in [0.15, 0.2) is 0 Å². The number of amides is 1. The van der Waals surface area contributed by atoms with Gasteiger partial charge < -0.3 is 15.3 Å². The third-order valence-electron chi connectivity index (χ3n) is 5.38. The fourth-order valence-electron chi connectivity index (χ4n) is 3.80. The summed E-state index contributed by atoms with van der Waals surface area (Å²) in [5.74, 6) is 0.135. The van der Waals surface area contributed by atoms with Crippen LogP contribution in [0.2, 0.25) is 0 Å². The van der Waals surface area contributed by atoms with Crippen molar-refractivity contribution in [2.75, 3.05) is 18.4 Å². The van der Waals surface area contributed by atoms with Crippen LogP contribution in [0, 0.1) is 6.92 Å². The summed E-state index contributed by atoms with van der Waals surface area (Å²) in [5, 5.41) is 12.5. The molecule has 1 fully saturated rings. The number of likely N-dealkylation sites (tertiary alicyclic amines) is 1. The molecule has 1 amide bonds. The highest BCUT2D eigenvalue weighted by Gasteiger charge is 2.32. The molecule has 2 heterocycles. The number of nitrogens with one attached hydrogen (secondary N) is 1. The lowest BCUT2D eigenvalue weighted by Crippen LogP contribution is -2.31. The smallest absolute Gasteiger partial charge is 0.416 e. The lowest BCUT2D eigenvalue weighted by Gasteiger charge is -2.19. The highest BCUT2D eigenvalue weighted by Crippen LogP contribution is 2.33. The van der Waals surface area contributed by atoms with Crippen molar-refractivity contribution in [3.05, 3.63) is 64.1 Å². The zero-order chi connectivity index (χ0) is 22.3. The van der Waals surface area contributed by atoms with Crippen LogP contribution in [0.15, 0.2) is 47.3 Å². The van der Waals surface area contributed by atoms with Crippen LogP contribution < -0.4 is 11.0 Å². The normalized spacial score (nSPS) is 16.6. The van der Waals surface area contributed by atoms with Crippen molar-refractivity contribution in [2.45, 2.75) is 25.6 Å². The van der Waals surface area contributed by atoms with Crippen molar-refractivity contribution >= 4 is 22.8 Å². The monoisotopic (exact) mass is 432 g/mol. The Balaban J connectivity index is 1.88. The lowest BCUT2D eigenvalue weighted by molar-refractivity contribution is -0.137. The molecule has 0 spiro atoms. The van der Waals surface area contributed by atoms with Gasteiger partial charge in [-0.2, -0.15) is 18.2 Å². The third kappa shape index (κ3) is 3.92. The minimum Gasteiger partial charge on any atom is -0.465 e. The van der Waals surface area contributed by atoms with Gasteiger partial charge in [-0.3, -0.25) is 4.57 Å². The second kappa shape index (κ2) is 7.60. The predicted molar refractivity (Wildman–Crippen MR) is 109 cm³/mol. The fourth-order valence-corrected chi connectivity index (χ4v) is 3.80. The number of fused-ring (bicyclic) bond motifs is 1. The highest BCUT2D eigenvalue weighted by atomic mass is 19.4. The first kappa shape index (κ1) is 20.7. The van der Waals surface area contributed by atoms with Gasteiger partial charge in [0.05, 0.1) is 16.8 Å².